The van der Waals surface area contributed by atoms with Gasteiger partial charge in [0.15, 0.2) is 6.29 Å². The number of esters is 1. The molecule has 344 valence electrons. The van der Waals surface area contributed by atoms with E-state index in [9.17, 15) is 28.5 Å². The summed E-state index contributed by atoms with van der Waals surface area (Å²) in [5.74, 6) is -0.409. The van der Waals surface area contributed by atoms with E-state index in [4.69, 9.17) is 23.5 Å². The average Bonchev–Trinajstić information content (AvgIpc) is 3.19. The number of rotatable bonds is 41. The van der Waals surface area contributed by atoms with Crippen molar-refractivity contribution in [3.8, 4) is 0 Å². The molecule has 1 aliphatic rings. The Kier molecular flexibility index (Phi) is 35.6. The van der Waals surface area contributed by atoms with E-state index >= 15 is 0 Å². The molecule has 1 saturated heterocycles. The van der Waals surface area contributed by atoms with Gasteiger partial charge in [-0.15, -0.1) is 0 Å². The van der Waals surface area contributed by atoms with Gasteiger partial charge in [-0.2, -0.15) is 8.42 Å². The second kappa shape index (κ2) is 37.6. The van der Waals surface area contributed by atoms with E-state index in [0.717, 1.165) is 44.9 Å². The van der Waals surface area contributed by atoms with Gasteiger partial charge in [-0.05, 0) is 38.5 Å². The number of ether oxygens (including phenoxy) is 4. The highest BCUT2D eigenvalue weighted by atomic mass is 32.3. The molecule has 0 bridgehead atoms. The van der Waals surface area contributed by atoms with E-state index in [1.54, 1.807) is 0 Å². The summed E-state index contributed by atoms with van der Waals surface area (Å²) in [5, 5.41) is 30.5. The molecule has 12 nitrogen and oxygen atoms in total. The van der Waals surface area contributed by atoms with Crippen molar-refractivity contribution in [2.45, 2.75) is 243 Å². The summed E-state index contributed by atoms with van der Waals surface area (Å²) in [6.45, 7) is 3.91. The van der Waals surface area contributed by atoms with Crippen LogP contribution < -0.4 is 0 Å². The van der Waals surface area contributed by atoms with Gasteiger partial charge in [0.05, 0.1) is 19.8 Å². The van der Waals surface area contributed by atoms with Gasteiger partial charge in [0, 0.05) is 13.0 Å². The second-order valence-electron chi connectivity index (χ2n) is 16.4. The molecule has 6 unspecified atom stereocenters. The first-order valence-electron chi connectivity index (χ1n) is 23.4. The Hall–Kier alpha value is -1.16. The highest BCUT2D eigenvalue weighted by Crippen LogP contribution is 2.26. The largest absolute Gasteiger partial charge is 0.457 e. The van der Waals surface area contributed by atoms with E-state index in [2.05, 4.69) is 30.2 Å². The van der Waals surface area contributed by atoms with Gasteiger partial charge < -0.3 is 34.3 Å². The van der Waals surface area contributed by atoms with Crippen LogP contribution in [0.25, 0.3) is 0 Å². The minimum Gasteiger partial charge on any atom is -0.457 e. The van der Waals surface area contributed by atoms with E-state index in [-0.39, 0.29) is 19.6 Å². The van der Waals surface area contributed by atoms with E-state index < -0.39 is 59.8 Å². The molecule has 1 rings (SSSR count). The number of aliphatic hydroxyl groups is 3. The third kappa shape index (κ3) is 30.8. The molecule has 0 radical (unpaired) electrons. The van der Waals surface area contributed by atoms with Crippen LogP contribution in [0.4, 0.5) is 0 Å². The third-order valence-electron chi connectivity index (χ3n) is 10.9. The first kappa shape index (κ1) is 54.9. The molecule has 1 heterocycles. The lowest BCUT2D eigenvalue weighted by atomic mass is 9.99. The summed E-state index contributed by atoms with van der Waals surface area (Å²) in [6.07, 6.45) is 31.8. The van der Waals surface area contributed by atoms with Gasteiger partial charge >= 0.3 is 16.4 Å². The van der Waals surface area contributed by atoms with Crippen molar-refractivity contribution >= 4 is 16.4 Å². The Morgan fingerprint density at radius 1 is 0.638 bits per heavy atom. The summed E-state index contributed by atoms with van der Waals surface area (Å²) in [5.41, 5.74) is 0. The molecule has 6 atom stereocenters. The normalized spacial score (nSPS) is 20.6. The van der Waals surface area contributed by atoms with Crippen molar-refractivity contribution in [1.29, 1.82) is 0 Å². The molecular formula is C45H86O12S. The lowest BCUT2D eigenvalue weighted by Crippen LogP contribution is -2.60. The molecule has 0 saturated carbocycles. The molecule has 0 aromatic rings. The Bertz CT molecular complexity index is 1070. The maximum absolute atomic E-state index is 12.6. The number of hydrogen-bond acceptors (Lipinski definition) is 11. The third-order valence-corrected chi connectivity index (χ3v) is 11.4. The zero-order chi connectivity index (χ0) is 42.5. The monoisotopic (exact) mass is 851 g/mol. The van der Waals surface area contributed by atoms with Gasteiger partial charge in [-0.25, -0.2) is 4.18 Å². The first-order chi connectivity index (χ1) is 28.1. The van der Waals surface area contributed by atoms with Crippen molar-refractivity contribution in [3.05, 3.63) is 12.2 Å². The standard InChI is InChI=1S/C45H86O12S/c1-3-5-7-9-10-11-12-13-14-15-16-17-18-19-20-21-22-23-24-25-26-27-28-29-31-33-35-53-37-39(55-41(47)34-32-30-8-6-4-2)38-54-45-43(49)44(57-58(50,51)52)42(48)40(36-46)56-45/h15-16,39-40,42-46,48-49H,3-14,17-38H2,1-2H3,(H,50,51,52)/b16-15-. The smallest absolute Gasteiger partial charge is 0.397 e. The fourth-order valence-corrected chi connectivity index (χ4v) is 7.82. The topological polar surface area (TPSA) is 178 Å². The van der Waals surface area contributed by atoms with Crippen LogP contribution in [-0.2, 0) is 38.3 Å². The summed E-state index contributed by atoms with van der Waals surface area (Å²) in [6, 6.07) is 0. The van der Waals surface area contributed by atoms with Crippen molar-refractivity contribution in [3.63, 3.8) is 0 Å². The summed E-state index contributed by atoms with van der Waals surface area (Å²) < 4.78 is 58.7. The second-order valence-corrected chi connectivity index (χ2v) is 17.4. The molecule has 0 aliphatic carbocycles. The van der Waals surface area contributed by atoms with Crippen LogP contribution in [0.1, 0.15) is 206 Å². The zero-order valence-corrected chi connectivity index (χ0v) is 37.4. The molecule has 0 amide bonds. The Balaban J connectivity index is 2.17. The number of carbonyl (C=O) groups is 1. The zero-order valence-electron chi connectivity index (χ0n) is 36.6. The molecule has 1 fully saturated rings. The highest BCUT2D eigenvalue weighted by molar-refractivity contribution is 7.80. The van der Waals surface area contributed by atoms with Crippen LogP contribution in [0.3, 0.4) is 0 Å². The molecule has 0 aromatic heterocycles. The van der Waals surface area contributed by atoms with Crippen LogP contribution >= 0.6 is 0 Å². The molecule has 4 N–H and O–H groups in total. The van der Waals surface area contributed by atoms with Gasteiger partial charge in [0.2, 0.25) is 0 Å². The minimum atomic E-state index is -5.05. The van der Waals surface area contributed by atoms with Crippen LogP contribution in [0.5, 0.6) is 0 Å². The lowest BCUT2D eigenvalue weighted by molar-refractivity contribution is -0.301. The predicted molar refractivity (Wildman–Crippen MR) is 230 cm³/mol. The SMILES string of the molecule is CCCCCCCCCC/C=C\CCCCCCCCCCCCCCCCOCC(COC1OC(CO)C(O)C(OS(=O)(=O)O)C1O)OC(=O)CCCCCCC. The predicted octanol–water partition coefficient (Wildman–Crippen LogP) is 9.86. The number of carbonyl (C=O) groups excluding carboxylic acids is 1. The first-order valence-corrected chi connectivity index (χ1v) is 24.8. The van der Waals surface area contributed by atoms with Crippen LogP contribution in [0.15, 0.2) is 12.2 Å². The number of hydrogen-bond donors (Lipinski definition) is 4. The summed E-state index contributed by atoms with van der Waals surface area (Å²) in [4.78, 5) is 12.6. The Morgan fingerprint density at radius 3 is 1.55 bits per heavy atom. The van der Waals surface area contributed by atoms with Crippen LogP contribution in [0, 0.1) is 0 Å². The Labute approximate surface area is 353 Å². The van der Waals surface area contributed by atoms with Crippen molar-refractivity contribution in [2.75, 3.05) is 26.4 Å². The van der Waals surface area contributed by atoms with Gasteiger partial charge in [0.1, 0.15) is 30.5 Å². The fourth-order valence-electron chi connectivity index (χ4n) is 7.32. The van der Waals surface area contributed by atoms with Crippen LogP contribution in [-0.4, -0.2) is 97.5 Å². The molecular weight excluding hydrogens is 765 g/mol. The molecule has 0 aromatic carbocycles. The van der Waals surface area contributed by atoms with E-state index in [1.165, 1.54) is 135 Å². The highest BCUT2D eigenvalue weighted by Gasteiger charge is 2.48. The number of aliphatic hydroxyl groups excluding tert-OH is 3. The van der Waals surface area contributed by atoms with Crippen LogP contribution in [0.2, 0.25) is 0 Å². The maximum Gasteiger partial charge on any atom is 0.397 e. The molecule has 58 heavy (non-hydrogen) atoms. The lowest BCUT2D eigenvalue weighted by Gasteiger charge is -2.41. The fraction of sp³-hybridized carbons (Fsp3) is 0.933. The Morgan fingerprint density at radius 2 is 1.09 bits per heavy atom. The maximum atomic E-state index is 12.6. The molecule has 13 heteroatoms. The number of unbranched alkanes of at least 4 members (excludes halogenated alkanes) is 26. The van der Waals surface area contributed by atoms with Gasteiger partial charge in [0.25, 0.3) is 0 Å². The van der Waals surface area contributed by atoms with Crippen molar-refractivity contribution in [2.24, 2.45) is 0 Å². The number of allylic oxidation sites excluding steroid dienone is 2. The average molecular weight is 851 g/mol. The molecule has 1 aliphatic heterocycles. The van der Waals surface area contributed by atoms with Gasteiger partial charge in [-0.1, -0.05) is 174 Å². The van der Waals surface area contributed by atoms with E-state index in [0.29, 0.717) is 13.0 Å². The minimum absolute atomic E-state index is 0.0399. The van der Waals surface area contributed by atoms with E-state index in [1.807, 2.05) is 0 Å². The molecule has 0 spiro atoms. The van der Waals surface area contributed by atoms with Gasteiger partial charge in [-0.3, -0.25) is 9.35 Å². The summed E-state index contributed by atoms with van der Waals surface area (Å²) >= 11 is 0. The summed E-state index contributed by atoms with van der Waals surface area (Å²) in [7, 11) is -5.05. The quantitative estimate of drug-likeness (QED) is 0.0198. The van der Waals surface area contributed by atoms with Crippen molar-refractivity contribution in [1.82, 2.24) is 0 Å². The van der Waals surface area contributed by atoms with Crippen molar-refractivity contribution < 1.29 is 56.2 Å².